The predicted molar refractivity (Wildman–Crippen MR) is 167 cm³/mol. The number of hydrogen-bond acceptors (Lipinski definition) is 3. The first-order chi connectivity index (χ1) is 18.6. The highest BCUT2D eigenvalue weighted by Gasteiger charge is 2.21. The maximum atomic E-state index is 6.66. The predicted octanol–water partition coefficient (Wildman–Crippen LogP) is 8.71. The molecule has 190 valence electrons. The van der Waals surface area contributed by atoms with Gasteiger partial charge in [0.25, 0.3) is 0 Å². The highest BCUT2D eigenvalue weighted by atomic mass is 79.9. The van der Waals surface area contributed by atoms with Gasteiger partial charge in [0.2, 0.25) is 5.89 Å². The van der Waals surface area contributed by atoms with E-state index in [0.29, 0.717) is 12.5 Å². The highest BCUT2D eigenvalue weighted by Crippen LogP contribution is 2.42. The Bertz CT molecular complexity index is 1700. The largest absolute Gasteiger partial charge is 0.493 e. The number of aromatic nitrogens is 1. The third-order valence-electron chi connectivity index (χ3n) is 7.43. The third-order valence-corrected chi connectivity index (χ3v) is 7.93. The molecule has 0 radical (unpaired) electrons. The van der Waals surface area contributed by atoms with Gasteiger partial charge in [0.05, 0.1) is 12.2 Å². The van der Waals surface area contributed by atoms with Crippen molar-refractivity contribution in [1.29, 1.82) is 0 Å². The normalized spacial score (nSPS) is 11.7. The van der Waals surface area contributed by atoms with E-state index in [1.54, 1.807) is 0 Å². The van der Waals surface area contributed by atoms with E-state index in [1.807, 2.05) is 0 Å². The Kier molecular flexibility index (Phi) is 7.12. The van der Waals surface area contributed by atoms with Gasteiger partial charge in [-0.3, -0.25) is 0 Å². The molecule has 5 aromatic carbocycles. The van der Waals surface area contributed by atoms with Crippen LogP contribution in [0.3, 0.4) is 0 Å². The highest BCUT2D eigenvalue weighted by molar-refractivity contribution is 9.10. The molecule has 0 aliphatic heterocycles. The first-order valence-electron chi connectivity index (χ1n) is 13.7. The van der Waals surface area contributed by atoms with E-state index in [4.69, 9.17) is 14.1 Å². The molecule has 3 nitrogen and oxygen atoms in total. The molecule has 0 N–H and O–H groups in total. The van der Waals surface area contributed by atoms with Crippen molar-refractivity contribution < 1.29 is 9.15 Å². The third kappa shape index (κ3) is 4.69. The van der Waals surface area contributed by atoms with Gasteiger partial charge >= 0.3 is 0 Å². The van der Waals surface area contributed by atoms with Crippen LogP contribution in [-0.4, -0.2) is 19.4 Å². The van der Waals surface area contributed by atoms with Gasteiger partial charge in [-0.25, -0.2) is 4.98 Å². The second-order valence-electron chi connectivity index (χ2n) is 10.2. The lowest BCUT2D eigenvalue weighted by Crippen LogP contribution is -2.00. The second kappa shape index (κ2) is 10.8. The summed E-state index contributed by atoms with van der Waals surface area (Å²) < 4.78 is 14.1. The van der Waals surface area contributed by atoms with Gasteiger partial charge in [-0.05, 0) is 46.2 Å². The van der Waals surface area contributed by atoms with E-state index < -0.39 is 0 Å². The summed E-state index contributed by atoms with van der Waals surface area (Å²) in [4.78, 5) is 5.14. The van der Waals surface area contributed by atoms with Crippen LogP contribution in [-0.2, 0) is 0 Å². The lowest BCUT2D eigenvalue weighted by molar-refractivity contribution is 0.305. The summed E-state index contributed by atoms with van der Waals surface area (Å²) in [6.07, 6.45) is 7.39. The fourth-order valence-corrected chi connectivity index (χ4v) is 5.83. The smallest absolute Gasteiger partial charge is 0.231 e. The molecule has 0 aliphatic rings. The van der Waals surface area contributed by atoms with Crippen LogP contribution in [0.15, 0.2) is 81.7 Å². The standard InChI is InChI=1S/C33H31BBrNO2/c1-2-3-4-5-6-9-18-37-29-17-12-21-10-7-8-11-24(21)30(29)33-36-31-25-16-14-23(35)20-28(25)27-19-22(34)13-15-26(27)32(31)38-33/h7-8,10-17,19-20H,2-6,9,18,34H2,1H3. The van der Waals surface area contributed by atoms with Gasteiger partial charge in [0.1, 0.15) is 19.1 Å². The van der Waals surface area contributed by atoms with Crippen LogP contribution >= 0.6 is 15.9 Å². The Morgan fingerprint density at radius 3 is 2.47 bits per heavy atom. The summed E-state index contributed by atoms with van der Waals surface area (Å²) in [6, 6.07) is 25.5. The Hall–Kier alpha value is -3.31. The quantitative estimate of drug-likeness (QED) is 0.100. The molecule has 0 fully saturated rings. The molecular weight excluding hydrogens is 533 g/mol. The van der Waals surface area contributed by atoms with Crippen LogP contribution in [0.5, 0.6) is 5.75 Å². The Morgan fingerprint density at radius 1 is 0.789 bits per heavy atom. The number of benzene rings is 5. The molecule has 0 saturated carbocycles. The number of unbranched alkanes of at least 4 members (excludes halogenated alkanes) is 5. The zero-order valence-electron chi connectivity index (χ0n) is 22.0. The molecular formula is C33H31BBrNO2. The van der Waals surface area contributed by atoms with Crippen molar-refractivity contribution in [3.8, 4) is 17.2 Å². The summed E-state index contributed by atoms with van der Waals surface area (Å²) in [5.74, 6) is 1.43. The van der Waals surface area contributed by atoms with Crippen LogP contribution in [0.25, 0.3) is 54.9 Å². The van der Waals surface area contributed by atoms with Gasteiger partial charge in [0.15, 0.2) is 5.58 Å². The molecule has 0 atom stereocenters. The summed E-state index contributed by atoms with van der Waals surface area (Å²) in [5, 5.41) is 6.74. The van der Waals surface area contributed by atoms with Crippen LogP contribution in [0.1, 0.15) is 45.4 Å². The molecule has 5 heteroatoms. The minimum absolute atomic E-state index is 0.604. The number of oxazole rings is 1. The monoisotopic (exact) mass is 563 g/mol. The van der Waals surface area contributed by atoms with E-state index in [2.05, 4.69) is 103 Å². The minimum Gasteiger partial charge on any atom is -0.493 e. The molecule has 0 bridgehead atoms. The Morgan fingerprint density at radius 2 is 1.58 bits per heavy atom. The van der Waals surface area contributed by atoms with Crippen molar-refractivity contribution in [3.05, 3.63) is 77.3 Å². The number of hydrogen-bond donors (Lipinski definition) is 0. The molecule has 38 heavy (non-hydrogen) atoms. The lowest BCUT2D eigenvalue weighted by atomic mass is 9.91. The SMILES string of the molecule is Bc1ccc2c(c1)c1cc(Br)ccc1c1nc(-c3c(OCCCCCCCC)ccc4ccccc34)oc21. The maximum Gasteiger partial charge on any atom is 0.231 e. The number of ether oxygens (including phenoxy) is 1. The van der Waals surface area contributed by atoms with Crippen molar-refractivity contribution in [2.45, 2.75) is 45.4 Å². The van der Waals surface area contributed by atoms with E-state index in [1.165, 1.54) is 48.3 Å². The van der Waals surface area contributed by atoms with Gasteiger partial charge in [-0.2, -0.15) is 0 Å². The van der Waals surface area contributed by atoms with Crippen molar-refractivity contribution in [3.63, 3.8) is 0 Å². The number of fused-ring (bicyclic) bond motifs is 7. The zero-order valence-corrected chi connectivity index (χ0v) is 23.6. The first kappa shape index (κ1) is 25.0. The van der Waals surface area contributed by atoms with E-state index in [9.17, 15) is 0 Å². The molecule has 6 rings (SSSR count). The molecule has 0 unspecified atom stereocenters. The topological polar surface area (TPSA) is 35.3 Å². The van der Waals surface area contributed by atoms with E-state index in [-0.39, 0.29) is 0 Å². The molecule has 0 amide bonds. The van der Waals surface area contributed by atoms with Gasteiger partial charge in [0, 0.05) is 15.2 Å². The van der Waals surface area contributed by atoms with E-state index in [0.717, 1.165) is 54.9 Å². The van der Waals surface area contributed by atoms with Crippen molar-refractivity contribution in [1.82, 2.24) is 4.98 Å². The second-order valence-corrected chi connectivity index (χ2v) is 11.1. The van der Waals surface area contributed by atoms with Gasteiger partial charge in [-0.15, -0.1) is 0 Å². The average molecular weight is 564 g/mol. The van der Waals surface area contributed by atoms with E-state index >= 15 is 0 Å². The summed E-state index contributed by atoms with van der Waals surface area (Å²) in [5.41, 5.74) is 3.85. The molecule has 1 heterocycles. The average Bonchev–Trinajstić information content (AvgIpc) is 3.37. The molecule has 0 aliphatic carbocycles. The fraction of sp³-hybridized carbons (Fsp3) is 0.242. The van der Waals surface area contributed by atoms with Gasteiger partial charge in [-0.1, -0.05) is 115 Å². The summed E-state index contributed by atoms with van der Waals surface area (Å²) in [6.45, 7) is 2.94. The lowest BCUT2D eigenvalue weighted by Gasteiger charge is -2.12. The summed E-state index contributed by atoms with van der Waals surface area (Å²) in [7, 11) is 2.13. The number of nitrogens with zero attached hydrogens (tertiary/aromatic N) is 1. The minimum atomic E-state index is 0.604. The van der Waals surface area contributed by atoms with Crippen molar-refractivity contribution in [2.24, 2.45) is 0 Å². The molecule has 1 aromatic heterocycles. The fourth-order valence-electron chi connectivity index (χ4n) is 5.47. The Labute approximate surface area is 232 Å². The van der Waals surface area contributed by atoms with Crippen molar-refractivity contribution >= 4 is 72.7 Å². The van der Waals surface area contributed by atoms with Crippen LogP contribution < -0.4 is 10.2 Å². The van der Waals surface area contributed by atoms with Crippen LogP contribution in [0.2, 0.25) is 0 Å². The number of halogens is 1. The zero-order chi connectivity index (χ0) is 26.1. The first-order valence-corrected chi connectivity index (χ1v) is 14.5. The maximum absolute atomic E-state index is 6.66. The van der Waals surface area contributed by atoms with Crippen molar-refractivity contribution in [2.75, 3.05) is 6.61 Å². The van der Waals surface area contributed by atoms with Crippen LogP contribution in [0, 0.1) is 0 Å². The summed E-state index contributed by atoms with van der Waals surface area (Å²) >= 11 is 3.67. The number of rotatable bonds is 9. The molecule has 0 spiro atoms. The van der Waals surface area contributed by atoms with Gasteiger partial charge < -0.3 is 9.15 Å². The van der Waals surface area contributed by atoms with Crippen LogP contribution in [0.4, 0.5) is 0 Å². The molecule has 6 aromatic rings. The Balaban J connectivity index is 1.49. The molecule has 0 saturated heterocycles.